The Bertz CT molecular complexity index is 471. The van der Waals surface area contributed by atoms with E-state index in [1.165, 1.54) is 12.1 Å². The van der Waals surface area contributed by atoms with Crippen LogP contribution in [-0.2, 0) is 6.18 Å². The summed E-state index contributed by atoms with van der Waals surface area (Å²) in [6, 6.07) is 3.15. The maximum atomic E-state index is 12.7. The Morgan fingerprint density at radius 2 is 1.88 bits per heavy atom. The SMILES string of the molecule is CC(C)=CC(=O)c1ccc(N)cc1C(F)(F)F. The second-order valence-electron chi connectivity index (χ2n) is 3.89. The zero-order valence-corrected chi connectivity index (χ0v) is 9.43. The molecule has 0 atom stereocenters. The molecule has 17 heavy (non-hydrogen) atoms. The van der Waals surface area contributed by atoms with E-state index < -0.39 is 17.5 Å². The first-order valence-corrected chi connectivity index (χ1v) is 4.88. The maximum absolute atomic E-state index is 12.7. The molecule has 0 aliphatic carbocycles. The van der Waals surface area contributed by atoms with E-state index in [0.717, 1.165) is 12.1 Å². The van der Waals surface area contributed by atoms with Gasteiger partial charge in [0.25, 0.3) is 0 Å². The van der Waals surface area contributed by atoms with Gasteiger partial charge in [-0.1, -0.05) is 5.57 Å². The van der Waals surface area contributed by atoms with Crippen LogP contribution in [0.15, 0.2) is 29.8 Å². The number of anilines is 1. The van der Waals surface area contributed by atoms with Crippen molar-refractivity contribution in [3.05, 3.63) is 41.0 Å². The average molecular weight is 243 g/mol. The Morgan fingerprint density at radius 3 is 2.35 bits per heavy atom. The van der Waals surface area contributed by atoms with Gasteiger partial charge in [0, 0.05) is 11.3 Å². The number of alkyl halides is 3. The molecule has 0 spiro atoms. The molecule has 0 saturated carbocycles. The highest BCUT2D eigenvalue weighted by Crippen LogP contribution is 2.33. The molecular weight excluding hydrogens is 231 g/mol. The molecule has 0 aromatic heterocycles. The summed E-state index contributed by atoms with van der Waals surface area (Å²) in [4.78, 5) is 11.6. The lowest BCUT2D eigenvalue weighted by Crippen LogP contribution is -2.12. The number of hydrogen-bond acceptors (Lipinski definition) is 2. The van der Waals surface area contributed by atoms with Crippen molar-refractivity contribution >= 4 is 11.5 Å². The van der Waals surface area contributed by atoms with Crippen LogP contribution < -0.4 is 5.73 Å². The molecule has 0 bridgehead atoms. The Balaban J connectivity index is 3.34. The number of halogens is 3. The van der Waals surface area contributed by atoms with Gasteiger partial charge in [0.15, 0.2) is 5.78 Å². The Hall–Kier alpha value is -1.78. The molecule has 0 aliphatic heterocycles. The van der Waals surface area contributed by atoms with Gasteiger partial charge < -0.3 is 5.73 Å². The summed E-state index contributed by atoms with van der Waals surface area (Å²) in [5.41, 5.74) is 4.53. The minimum atomic E-state index is -4.59. The van der Waals surface area contributed by atoms with Crippen LogP contribution in [-0.4, -0.2) is 5.78 Å². The molecule has 5 heteroatoms. The lowest BCUT2D eigenvalue weighted by Gasteiger charge is -2.11. The van der Waals surface area contributed by atoms with Crippen LogP contribution in [0, 0.1) is 0 Å². The fourth-order valence-electron chi connectivity index (χ4n) is 1.35. The Labute approximate surface area is 96.9 Å². The van der Waals surface area contributed by atoms with Gasteiger partial charge in [-0.15, -0.1) is 0 Å². The zero-order chi connectivity index (χ0) is 13.2. The molecule has 0 heterocycles. The van der Waals surface area contributed by atoms with Gasteiger partial charge in [-0.25, -0.2) is 0 Å². The minimum absolute atomic E-state index is 0.0222. The molecule has 0 amide bonds. The van der Waals surface area contributed by atoms with Gasteiger partial charge in [0.1, 0.15) is 0 Å². The van der Waals surface area contributed by atoms with E-state index in [1.54, 1.807) is 13.8 Å². The summed E-state index contributed by atoms with van der Waals surface area (Å²) < 4.78 is 38.1. The van der Waals surface area contributed by atoms with Gasteiger partial charge in [-0.3, -0.25) is 4.79 Å². The summed E-state index contributed by atoms with van der Waals surface area (Å²) in [7, 11) is 0. The number of nitrogens with two attached hydrogens (primary N) is 1. The second kappa shape index (κ2) is 4.61. The summed E-state index contributed by atoms with van der Waals surface area (Å²) in [5, 5.41) is 0. The highest BCUT2D eigenvalue weighted by molar-refractivity contribution is 6.06. The normalized spacial score (nSPS) is 11.1. The van der Waals surface area contributed by atoms with Crippen LogP contribution in [0.2, 0.25) is 0 Å². The molecule has 1 aromatic rings. The average Bonchev–Trinajstić information content (AvgIpc) is 2.14. The van der Waals surface area contributed by atoms with E-state index in [1.807, 2.05) is 0 Å². The van der Waals surface area contributed by atoms with Crippen molar-refractivity contribution in [3.63, 3.8) is 0 Å². The van der Waals surface area contributed by atoms with Crippen molar-refractivity contribution in [2.45, 2.75) is 20.0 Å². The van der Waals surface area contributed by atoms with Crippen LogP contribution in [0.3, 0.4) is 0 Å². The highest BCUT2D eigenvalue weighted by atomic mass is 19.4. The van der Waals surface area contributed by atoms with Gasteiger partial charge in [0.2, 0.25) is 0 Å². The van der Waals surface area contributed by atoms with E-state index in [0.29, 0.717) is 5.57 Å². The van der Waals surface area contributed by atoms with E-state index in [4.69, 9.17) is 5.73 Å². The van der Waals surface area contributed by atoms with Crippen LogP contribution in [0.1, 0.15) is 29.8 Å². The summed E-state index contributed by atoms with van der Waals surface area (Å²) in [6.45, 7) is 3.28. The number of hydrogen-bond donors (Lipinski definition) is 1. The third kappa shape index (κ3) is 3.34. The minimum Gasteiger partial charge on any atom is -0.399 e. The van der Waals surface area contributed by atoms with Crippen molar-refractivity contribution in [1.29, 1.82) is 0 Å². The first-order valence-electron chi connectivity index (χ1n) is 4.88. The molecule has 1 rings (SSSR count). The number of allylic oxidation sites excluding steroid dienone is 2. The van der Waals surface area contributed by atoms with Crippen molar-refractivity contribution < 1.29 is 18.0 Å². The smallest absolute Gasteiger partial charge is 0.399 e. The second-order valence-corrected chi connectivity index (χ2v) is 3.89. The molecule has 0 radical (unpaired) electrons. The first kappa shape index (κ1) is 13.3. The molecular formula is C12H12F3NO. The largest absolute Gasteiger partial charge is 0.417 e. The van der Waals surface area contributed by atoms with Crippen LogP contribution in [0.4, 0.5) is 18.9 Å². The number of nitrogen functional groups attached to an aromatic ring is 1. The third-order valence-electron chi connectivity index (χ3n) is 2.03. The van der Waals surface area contributed by atoms with Gasteiger partial charge in [-0.05, 0) is 38.1 Å². The van der Waals surface area contributed by atoms with Crippen LogP contribution >= 0.6 is 0 Å². The summed E-state index contributed by atoms with van der Waals surface area (Å²) in [6.07, 6.45) is -3.42. The molecule has 0 unspecified atom stereocenters. The Kier molecular flexibility index (Phi) is 3.60. The number of carbonyl (C=O) groups is 1. The summed E-state index contributed by atoms with van der Waals surface area (Å²) >= 11 is 0. The van der Waals surface area contributed by atoms with E-state index in [-0.39, 0.29) is 11.3 Å². The quantitative estimate of drug-likeness (QED) is 0.491. The first-order chi connectivity index (χ1) is 7.71. The lowest BCUT2D eigenvalue weighted by atomic mass is 10.0. The molecule has 92 valence electrons. The van der Waals surface area contributed by atoms with Crippen molar-refractivity contribution in [3.8, 4) is 0 Å². The molecule has 0 aliphatic rings. The molecule has 2 N–H and O–H groups in total. The van der Waals surface area contributed by atoms with Gasteiger partial charge >= 0.3 is 6.18 Å². The zero-order valence-electron chi connectivity index (χ0n) is 9.43. The Morgan fingerprint density at radius 1 is 1.29 bits per heavy atom. The molecule has 0 saturated heterocycles. The van der Waals surface area contributed by atoms with Crippen LogP contribution in [0.5, 0.6) is 0 Å². The predicted molar refractivity (Wildman–Crippen MR) is 59.6 cm³/mol. The fraction of sp³-hybridized carbons (Fsp3) is 0.250. The number of rotatable bonds is 2. The monoisotopic (exact) mass is 243 g/mol. The number of ketones is 1. The summed E-state index contributed by atoms with van der Waals surface area (Å²) in [5.74, 6) is -0.669. The molecule has 1 aromatic carbocycles. The predicted octanol–water partition coefficient (Wildman–Crippen LogP) is 3.44. The number of carbonyl (C=O) groups excluding carboxylic acids is 1. The van der Waals surface area contributed by atoms with Crippen molar-refractivity contribution in [2.24, 2.45) is 0 Å². The van der Waals surface area contributed by atoms with Gasteiger partial charge in [0.05, 0.1) is 5.56 Å². The molecule has 0 fully saturated rings. The van der Waals surface area contributed by atoms with Gasteiger partial charge in [-0.2, -0.15) is 13.2 Å². The standard InChI is InChI=1S/C12H12F3NO/c1-7(2)5-11(17)9-4-3-8(16)6-10(9)12(13,14)15/h3-6H,16H2,1-2H3. The topological polar surface area (TPSA) is 43.1 Å². The molecule has 2 nitrogen and oxygen atoms in total. The van der Waals surface area contributed by atoms with Crippen molar-refractivity contribution in [1.82, 2.24) is 0 Å². The number of benzene rings is 1. The van der Waals surface area contributed by atoms with Crippen LogP contribution in [0.25, 0.3) is 0 Å². The lowest BCUT2D eigenvalue weighted by molar-refractivity contribution is -0.137. The third-order valence-corrected chi connectivity index (χ3v) is 2.03. The highest BCUT2D eigenvalue weighted by Gasteiger charge is 2.34. The van der Waals surface area contributed by atoms with Crippen molar-refractivity contribution in [2.75, 3.05) is 5.73 Å². The van der Waals surface area contributed by atoms with E-state index >= 15 is 0 Å². The fourth-order valence-corrected chi connectivity index (χ4v) is 1.35. The maximum Gasteiger partial charge on any atom is 0.417 e. The van der Waals surface area contributed by atoms with E-state index in [2.05, 4.69) is 0 Å². The van der Waals surface area contributed by atoms with E-state index in [9.17, 15) is 18.0 Å².